The van der Waals surface area contributed by atoms with Crippen molar-refractivity contribution in [3.8, 4) is 17.2 Å². The van der Waals surface area contributed by atoms with Gasteiger partial charge in [0.25, 0.3) is 0 Å². The molecule has 0 aliphatic heterocycles. The third kappa shape index (κ3) is 4.94. The molecule has 1 N–H and O–H groups in total. The predicted octanol–water partition coefficient (Wildman–Crippen LogP) is 3.85. The van der Waals surface area contributed by atoms with Gasteiger partial charge in [0.15, 0.2) is 21.5 Å². The van der Waals surface area contributed by atoms with Crippen molar-refractivity contribution in [2.24, 2.45) is 0 Å². The SMILES string of the molecule is CNc1cccc(-c2nnc(CS(=O)(=O)[C@@H](C)[C@H](C)c3ncc(C)cn3)n2-c2c(F)cccc2F)n1. The summed E-state index contributed by atoms with van der Waals surface area (Å²) in [7, 11) is -2.22. The highest BCUT2D eigenvalue weighted by atomic mass is 32.2. The molecule has 4 rings (SSSR count). The number of anilines is 1. The van der Waals surface area contributed by atoms with Gasteiger partial charge in [-0.1, -0.05) is 19.1 Å². The van der Waals surface area contributed by atoms with Crippen LogP contribution < -0.4 is 5.32 Å². The molecule has 0 aliphatic rings. The lowest BCUT2D eigenvalue weighted by molar-refractivity contribution is 0.555. The molecule has 9 nitrogen and oxygen atoms in total. The molecule has 3 heterocycles. The molecule has 12 heteroatoms. The Hall–Kier alpha value is -3.80. The maximum atomic E-state index is 14.9. The molecule has 188 valence electrons. The second-order valence-electron chi connectivity index (χ2n) is 8.42. The first-order chi connectivity index (χ1) is 17.1. The Kier molecular flexibility index (Phi) is 7.07. The van der Waals surface area contributed by atoms with Crippen molar-refractivity contribution in [2.75, 3.05) is 12.4 Å². The largest absolute Gasteiger partial charge is 0.373 e. The lowest BCUT2D eigenvalue weighted by Gasteiger charge is -2.19. The van der Waals surface area contributed by atoms with Crippen molar-refractivity contribution >= 4 is 15.7 Å². The van der Waals surface area contributed by atoms with E-state index in [-0.39, 0.29) is 17.3 Å². The number of benzene rings is 1. The van der Waals surface area contributed by atoms with E-state index in [1.54, 1.807) is 51.5 Å². The molecule has 0 radical (unpaired) electrons. The van der Waals surface area contributed by atoms with E-state index in [1.165, 1.54) is 6.07 Å². The average Bonchev–Trinajstić information content (AvgIpc) is 3.25. The van der Waals surface area contributed by atoms with Crippen molar-refractivity contribution in [2.45, 2.75) is 37.7 Å². The van der Waals surface area contributed by atoms with E-state index in [0.717, 1.165) is 22.3 Å². The van der Waals surface area contributed by atoms with E-state index in [9.17, 15) is 17.2 Å². The lowest BCUT2D eigenvalue weighted by atomic mass is 10.1. The second kappa shape index (κ2) is 10.1. The van der Waals surface area contributed by atoms with Crippen molar-refractivity contribution in [1.82, 2.24) is 29.7 Å². The molecule has 4 aromatic rings. The zero-order chi connectivity index (χ0) is 26.0. The van der Waals surface area contributed by atoms with Crippen LogP contribution in [-0.4, -0.2) is 50.4 Å². The van der Waals surface area contributed by atoms with Gasteiger partial charge in [-0.25, -0.2) is 32.2 Å². The quantitative estimate of drug-likeness (QED) is 0.378. The smallest absolute Gasteiger partial charge is 0.187 e. The average molecular weight is 514 g/mol. The summed E-state index contributed by atoms with van der Waals surface area (Å²) < 4.78 is 57.7. The van der Waals surface area contributed by atoms with Crippen LogP contribution in [0.2, 0.25) is 0 Å². The van der Waals surface area contributed by atoms with Crippen LogP contribution in [0.4, 0.5) is 14.6 Å². The van der Waals surface area contributed by atoms with Crippen LogP contribution in [0.25, 0.3) is 17.2 Å². The van der Waals surface area contributed by atoms with Crippen LogP contribution in [0.15, 0.2) is 48.8 Å². The molecule has 0 bridgehead atoms. The standard InChI is InChI=1S/C24H25F2N7O2S/c1-14-11-28-23(29-12-14)15(2)16(3)36(34,35)13-21-31-32-24(19-9-6-10-20(27-4)30-19)33(21)22-17(25)7-5-8-18(22)26/h5-12,15-16H,13H2,1-4H3,(H,27,30)/t15-,16-/m0/s1. The summed E-state index contributed by atoms with van der Waals surface area (Å²) in [6.45, 7) is 5.10. The van der Waals surface area contributed by atoms with E-state index in [0.29, 0.717) is 11.6 Å². The van der Waals surface area contributed by atoms with E-state index in [2.05, 4.69) is 30.5 Å². The number of nitrogens with zero attached hydrogens (tertiary/aromatic N) is 6. The molecular formula is C24H25F2N7O2S. The van der Waals surface area contributed by atoms with Gasteiger partial charge in [-0.3, -0.25) is 4.57 Å². The minimum atomic E-state index is -3.89. The fraction of sp³-hybridized carbons (Fsp3) is 0.292. The number of aromatic nitrogens is 6. The number of hydrogen-bond donors (Lipinski definition) is 1. The monoisotopic (exact) mass is 513 g/mol. The van der Waals surface area contributed by atoms with Gasteiger partial charge in [0.1, 0.15) is 40.4 Å². The summed E-state index contributed by atoms with van der Waals surface area (Å²) in [6.07, 6.45) is 3.24. The van der Waals surface area contributed by atoms with Crippen LogP contribution in [-0.2, 0) is 15.6 Å². The predicted molar refractivity (Wildman–Crippen MR) is 131 cm³/mol. The van der Waals surface area contributed by atoms with Crippen LogP contribution >= 0.6 is 0 Å². The van der Waals surface area contributed by atoms with Crippen molar-refractivity contribution in [3.63, 3.8) is 0 Å². The Balaban J connectivity index is 1.80. The highest BCUT2D eigenvalue weighted by Gasteiger charge is 2.33. The summed E-state index contributed by atoms with van der Waals surface area (Å²) in [5, 5.41) is 10.1. The van der Waals surface area contributed by atoms with E-state index in [1.807, 2.05) is 6.92 Å². The zero-order valence-corrected chi connectivity index (χ0v) is 21.0. The zero-order valence-electron chi connectivity index (χ0n) is 20.1. The number of rotatable bonds is 8. The van der Waals surface area contributed by atoms with Crippen LogP contribution in [0.1, 0.15) is 37.0 Å². The molecule has 0 spiro atoms. The highest BCUT2D eigenvalue weighted by molar-refractivity contribution is 7.91. The van der Waals surface area contributed by atoms with Crippen LogP contribution in [0.3, 0.4) is 0 Å². The molecule has 0 fully saturated rings. The number of pyridine rings is 1. The first-order valence-electron chi connectivity index (χ1n) is 11.2. The fourth-order valence-corrected chi connectivity index (χ4v) is 5.24. The van der Waals surface area contributed by atoms with E-state index >= 15 is 0 Å². The van der Waals surface area contributed by atoms with Gasteiger partial charge in [-0.2, -0.15) is 0 Å². The minimum Gasteiger partial charge on any atom is -0.373 e. The Bertz CT molecular complexity index is 1470. The topological polar surface area (TPSA) is 116 Å². The molecule has 0 saturated carbocycles. The molecule has 3 aromatic heterocycles. The van der Waals surface area contributed by atoms with Gasteiger partial charge in [0.05, 0.1) is 5.25 Å². The Labute approximate surface area is 207 Å². The fourth-order valence-electron chi connectivity index (χ4n) is 3.68. The first-order valence-corrected chi connectivity index (χ1v) is 12.9. The van der Waals surface area contributed by atoms with E-state index < -0.39 is 44.1 Å². The number of sulfone groups is 1. The molecule has 0 saturated heterocycles. The van der Waals surface area contributed by atoms with Crippen LogP contribution in [0, 0.1) is 18.6 Å². The second-order valence-corrected chi connectivity index (χ2v) is 10.8. The van der Waals surface area contributed by atoms with Crippen molar-refractivity contribution < 1.29 is 17.2 Å². The minimum absolute atomic E-state index is 0.00358. The maximum absolute atomic E-state index is 14.9. The third-order valence-corrected chi connectivity index (χ3v) is 8.14. The third-order valence-electron chi connectivity index (χ3n) is 5.93. The Morgan fingerprint density at radius 2 is 1.64 bits per heavy atom. The number of hydrogen-bond acceptors (Lipinski definition) is 8. The molecule has 1 aromatic carbocycles. The molecule has 36 heavy (non-hydrogen) atoms. The van der Waals surface area contributed by atoms with Crippen molar-refractivity contribution in [3.05, 3.63) is 77.6 Å². The normalized spacial score (nSPS) is 13.4. The van der Waals surface area contributed by atoms with Gasteiger partial charge >= 0.3 is 0 Å². The van der Waals surface area contributed by atoms with Crippen LogP contribution in [0.5, 0.6) is 0 Å². The van der Waals surface area contributed by atoms with Gasteiger partial charge in [0.2, 0.25) is 0 Å². The molecule has 2 atom stereocenters. The molecular weight excluding hydrogens is 488 g/mol. The molecule has 0 amide bonds. The molecule has 0 aliphatic carbocycles. The number of nitrogens with one attached hydrogen (secondary N) is 1. The molecule has 0 unspecified atom stereocenters. The number of para-hydroxylation sites is 1. The number of aryl methyl sites for hydroxylation is 1. The van der Waals surface area contributed by atoms with Gasteiger partial charge in [0, 0.05) is 25.4 Å². The highest BCUT2D eigenvalue weighted by Crippen LogP contribution is 2.29. The van der Waals surface area contributed by atoms with E-state index in [4.69, 9.17) is 0 Å². The Morgan fingerprint density at radius 3 is 2.28 bits per heavy atom. The summed E-state index contributed by atoms with van der Waals surface area (Å²) in [4.78, 5) is 12.9. The van der Waals surface area contributed by atoms with Gasteiger partial charge in [-0.05, 0) is 43.7 Å². The van der Waals surface area contributed by atoms with Crippen molar-refractivity contribution in [1.29, 1.82) is 0 Å². The Morgan fingerprint density at radius 1 is 1.00 bits per heavy atom. The summed E-state index contributed by atoms with van der Waals surface area (Å²) in [5.74, 6) is -2.21. The summed E-state index contributed by atoms with van der Waals surface area (Å²) in [5.41, 5.74) is 0.627. The maximum Gasteiger partial charge on any atom is 0.187 e. The number of halogens is 2. The summed E-state index contributed by atoms with van der Waals surface area (Å²) >= 11 is 0. The van der Waals surface area contributed by atoms with Gasteiger partial charge < -0.3 is 5.32 Å². The lowest BCUT2D eigenvalue weighted by Crippen LogP contribution is -2.27. The summed E-state index contributed by atoms with van der Waals surface area (Å²) in [6, 6.07) is 8.37. The van der Waals surface area contributed by atoms with Gasteiger partial charge in [-0.15, -0.1) is 10.2 Å². The first kappa shape index (κ1) is 25.3.